The Bertz CT molecular complexity index is 557. The third-order valence-electron chi connectivity index (χ3n) is 3.20. The highest BCUT2D eigenvalue weighted by Gasteiger charge is 2.24. The van der Waals surface area contributed by atoms with Crippen LogP contribution in [0.15, 0.2) is 17.4 Å². The zero-order chi connectivity index (χ0) is 16.2. The van der Waals surface area contributed by atoms with Gasteiger partial charge in [0.15, 0.2) is 5.84 Å². The molecule has 0 aliphatic rings. The fraction of sp³-hybridized carbons (Fsp3) is 0.500. The molecule has 0 bridgehead atoms. The quantitative estimate of drug-likeness (QED) is 0.261. The maximum Gasteiger partial charge on any atom is 0.288 e. The van der Waals surface area contributed by atoms with Gasteiger partial charge < -0.3 is 20.6 Å². The first kappa shape index (κ1) is 16.6. The van der Waals surface area contributed by atoms with E-state index in [1.165, 1.54) is 0 Å². The van der Waals surface area contributed by atoms with Crippen molar-refractivity contribution in [2.45, 2.75) is 19.4 Å². The molecule has 21 heavy (non-hydrogen) atoms. The van der Waals surface area contributed by atoms with E-state index in [1.54, 1.807) is 0 Å². The van der Waals surface area contributed by atoms with Crippen molar-refractivity contribution in [2.24, 2.45) is 10.9 Å². The number of oxime groups is 1. The average Bonchev–Trinajstić information content (AvgIpc) is 2.43. The van der Waals surface area contributed by atoms with Crippen molar-refractivity contribution in [2.75, 3.05) is 20.7 Å². The van der Waals surface area contributed by atoms with E-state index in [2.05, 4.69) is 10.1 Å². The second-order valence-corrected chi connectivity index (χ2v) is 5.28. The van der Waals surface area contributed by atoms with Crippen molar-refractivity contribution >= 4 is 11.5 Å². The summed E-state index contributed by atoms with van der Waals surface area (Å²) in [6.07, 6.45) is 1.06. The Morgan fingerprint density at radius 1 is 1.62 bits per heavy atom. The molecule has 0 unspecified atom stereocenters. The van der Waals surface area contributed by atoms with Crippen LogP contribution in [-0.4, -0.2) is 52.1 Å². The van der Waals surface area contributed by atoms with E-state index in [9.17, 15) is 10.1 Å². The lowest BCUT2D eigenvalue weighted by molar-refractivity contribution is -0.385. The number of hydrogen-bond acceptors (Lipinski definition) is 7. The van der Waals surface area contributed by atoms with Gasteiger partial charge in [-0.1, -0.05) is 5.16 Å². The number of ether oxygens (including phenoxy) is 1. The SMILES string of the molecule is CN(C)C(C)(C)COc1ncc([N+](=O)[O-])cc1C(N)=NO. The van der Waals surface area contributed by atoms with E-state index in [1.807, 2.05) is 32.8 Å². The van der Waals surface area contributed by atoms with E-state index in [0.29, 0.717) is 0 Å². The highest BCUT2D eigenvalue weighted by atomic mass is 16.6. The summed E-state index contributed by atoms with van der Waals surface area (Å²) in [5.74, 6) is -0.227. The minimum Gasteiger partial charge on any atom is -0.475 e. The highest BCUT2D eigenvalue weighted by Crippen LogP contribution is 2.22. The van der Waals surface area contributed by atoms with Crippen molar-refractivity contribution in [3.05, 3.63) is 27.9 Å². The molecule has 116 valence electrons. The molecule has 0 aromatic carbocycles. The van der Waals surface area contributed by atoms with Crippen molar-refractivity contribution in [3.8, 4) is 5.88 Å². The predicted octanol–water partition coefficient (Wildman–Crippen LogP) is 0.803. The Labute approximate surface area is 122 Å². The molecule has 0 saturated heterocycles. The van der Waals surface area contributed by atoms with Crippen LogP contribution in [0.3, 0.4) is 0 Å². The molecule has 1 heterocycles. The van der Waals surface area contributed by atoms with Crippen LogP contribution >= 0.6 is 0 Å². The Hall–Kier alpha value is -2.42. The van der Waals surface area contributed by atoms with Gasteiger partial charge in [-0.2, -0.15) is 0 Å². The van der Waals surface area contributed by atoms with Crippen LogP contribution in [0, 0.1) is 10.1 Å². The molecule has 0 amide bonds. The summed E-state index contributed by atoms with van der Waals surface area (Å²) < 4.78 is 5.57. The van der Waals surface area contributed by atoms with E-state index in [-0.39, 0.29) is 35.1 Å². The lowest BCUT2D eigenvalue weighted by atomic mass is 10.1. The molecule has 0 aliphatic heterocycles. The topological polar surface area (TPSA) is 127 Å². The van der Waals surface area contributed by atoms with Crippen molar-refractivity contribution < 1.29 is 14.9 Å². The van der Waals surface area contributed by atoms with Gasteiger partial charge in [0.05, 0.1) is 10.5 Å². The second-order valence-electron chi connectivity index (χ2n) is 5.28. The monoisotopic (exact) mass is 297 g/mol. The molecule has 0 aliphatic carbocycles. The summed E-state index contributed by atoms with van der Waals surface area (Å²) >= 11 is 0. The van der Waals surface area contributed by atoms with Crippen LogP contribution in [0.4, 0.5) is 5.69 Å². The summed E-state index contributed by atoms with van der Waals surface area (Å²) in [5, 5.41) is 22.4. The molecule has 1 aromatic rings. The van der Waals surface area contributed by atoms with Gasteiger partial charge in [-0.15, -0.1) is 0 Å². The maximum absolute atomic E-state index is 10.8. The lowest BCUT2D eigenvalue weighted by Gasteiger charge is -2.32. The molecule has 0 fully saturated rings. The van der Waals surface area contributed by atoms with Gasteiger partial charge in [-0.25, -0.2) is 4.98 Å². The number of rotatable bonds is 6. The summed E-state index contributed by atoms with van der Waals surface area (Å²) in [7, 11) is 3.80. The van der Waals surface area contributed by atoms with Gasteiger partial charge in [-0.05, 0) is 27.9 Å². The molecular formula is C12H19N5O4. The number of hydrogen-bond donors (Lipinski definition) is 2. The molecule has 9 heteroatoms. The number of aromatic nitrogens is 1. The smallest absolute Gasteiger partial charge is 0.288 e. The van der Waals surface area contributed by atoms with Gasteiger partial charge in [-0.3, -0.25) is 10.1 Å². The standard InChI is InChI=1S/C12H19N5O4/c1-12(2,16(3)4)7-21-11-9(10(13)15-18)5-8(6-14-11)17(19)20/h5-6,18H,7H2,1-4H3,(H2,13,15). The fourth-order valence-electron chi connectivity index (χ4n) is 1.27. The summed E-state index contributed by atoms with van der Waals surface area (Å²) in [4.78, 5) is 16.0. The normalized spacial score (nSPS) is 12.5. The minimum atomic E-state index is -0.616. The molecular weight excluding hydrogens is 278 g/mol. The number of nitrogens with two attached hydrogens (primary N) is 1. The number of pyridine rings is 1. The fourth-order valence-corrected chi connectivity index (χ4v) is 1.27. The third-order valence-corrected chi connectivity index (χ3v) is 3.20. The van der Waals surface area contributed by atoms with Crippen molar-refractivity contribution in [1.82, 2.24) is 9.88 Å². The van der Waals surface area contributed by atoms with Gasteiger partial charge in [0.1, 0.15) is 12.8 Å². The Kier molecular flexibility index (Phi) is 5.03. The second kappa shape index (κ2) is 6.35. The zero-order valence-corrected chi connectivity index (χ0v) is 12.4. The van der Waals surface area contributed by atoms with Gasteiger partial charge >= 0.3 is 0 Å². The van der Waals surface area contributed by atoms with Gasteiger partial charge in [0.25, 0.3) is 5.69 Å². The van der Waals surface area contributed by atoms with Crippen LogP contribution in [0.2, 0.25) is 0 Å². The van der Waals surface area contributed by atoms with E-state index in [0.717, 1.165) is 12.3 Å². The predicted molar refractivity (Wildman–Crippen MR) is 76.7 cm³/mol. The van der Waals surface area contributed by atoms with Crippen molar-refractivity contribution in [3.63, 3.8) is 0 Å². The lowest BCUT2D eigenvalue weighted by Crippen LogP contribution is -2.43. The molecule has 0 radical (unpaired) electrons. The summed E-state index contributed by atoms with van der Waals surface area (Å²) in [5.41, 5.74) is 5.03. The van der Waals surface area contributed by atoms with Gasteiger partial charge in [0.2, 0.25) is 5.88 Å². The molecule has 0 atom stereocenters. The maximum atomic E-state index is 10.8. The van der Waals surface area contributed by atoms with Crippen molar-refractivity contribution in [1.29, 1.82) is 0 Å². The van der Waals surface area contributed by atoms with E-state index < -0.39 is 4.92 Å². The van der Waals surface area contributed by atoms with Crippen LogP contribution < -0.4 is 10.5 Å². The number of nitro groups is 1. The van der Waals surface area contributed by atoms with E-state index >= 15 is 0 Å². The zero-order valence-electron chi connectivity index (χ0n) is 12.4. The molecule has 3 N–H and O–H groups in total. The minimum absolute atomic E-state index is 0.0706. The summed E-state index contributed by atoms with van der Waals surface area (Å²) in [6.45, 7) is 4.19. The van der Waals surface area contributed by atoms with Gasteiger partial charge in [0, 0.05) is 11.6 Å². The largest absolute Gasteiger partial charge is 0.475 e. The van der Waals surface area contributed by atoms with Crippen LogP contribution in [0.5, 0.6) is 5.88 Å². The average molecular weight is 297 g/mol. The molecule has 9 nitrogen and oxygen atoms in total. The van der Waals surface area contributed by atoms with Crippen LogP contribution in [0.1, 0.15) is 19.4 Å². The number of likely N-dealkylation sites (N-methyl/N-ethyl adjacent to an activating group) is 1. The first-order valence-corrected chi connectivity index (χ1v) is 6.11. The highest BCUT2D eigenvalue weighted by molar-refractivity contribution is 5.99. The summed E-state index contributed by atoms with van der Waals surface area (Å²) in [6, 6.07) is 1.15. The first-order valence-electron chi connectivity index (χ1n) is 6.11. The molecule has 1 rings (SSSR count). The Morgan fingerprint density at radius 2 is 2.24 bits per heavy atom. The third kappa shape index (κ3) is 4.02. The number of nitrogens with zero attached hydrogens (tertiary/aromatic N) is 4. The molecule has 0 saturated carbocycles. The number of amidine groups is 1. The van der Waals surface area contributed by atoms with E-state index in [4.69, 9.17) is 15.7 Å². The van der Waals surface area contributed by atoms with Crippen LogP contribution in [-0.2, 0) is 0 Å². The Balaban J connectivity index is 3.10. The first-order chi connectivity index (χ1) is 9.69. The van der Waals surface area contributed by atoms with Crippen LogP contribution in [0.25, 0.3) is 0 Å². The molecule has 1 aromatic heterocycles. The Morgan fingerprint density at radius 3 is 2.71 bits per heavy atom. The molecule has 0 spiro atoms.